The molecule has 0 saturated heterocycles. The minimum absolute atomic E-state index is 0.216. The van der Waals surface area contributed by atoms with Crippen molar-refractivity contribution < 1.29 is 14.6 Å². The van der Waals surface area contributed by atoms with E-state index in [1.807, 2.05) is 24.3 Å². The molecule has 0 unspecified atom stereocenters. The highest BCUT2D eigenvalue weighted by molar-refractivity contribution is 5.89. The summed E-state index contributed by atoms with van der Waals surface area (Å²) in [7, 11) is 1.34. The second-order valence-corrected chi connectivity index (χ2v) is 5.78. The van der Waals surface area contributed by atoms with Crippen LogP contribution in [0.5, 0.6) is 5.75 Å². The molecule has 0 bridgehead atoms. The lowest BCUT2D eigenvalue weighted by atomic mass is 10.1. The maximum atomic E-state index is 11.4. The number of aromatic hydroxyl groups is 1. The molecule has 3 rings (SSSR count). The van der Waals surface area contributed by atoms with E-state index in [9.17, 15) is 14.7 Å². The number of carbonyl (C=O) groups excluding carboxylic acids is 1. The first-order valence-electron chi connectivity index (χ1n) is 8.36. The number of ether oxygens (including phenoxy) is 1. The van der Waals surface area contributed by atoms with Gasteiger partial charge in [0.05, 0.1) is 25.5 Å². The first kappa shape index (κ1) is 18.7. The van der Waals surface area contributed by atoms with Crippen molar-refractivity contribution in [3.63, 3.8) is 0 Å². The Morgan fingerprint density at radius 2 is 1.71 bits per heavy atom. The Morgan fingerprint density at radius 1 is 1.11 bits per heavy atom. The average molecular weight is 375 g/mol. The molecule has 140 valence electrons. The Balaban J connectivity index is 1.63. The molecule has 0 amide bonds. The van der Waals surface area contributed by atoms with Crippen molar-refractivity contribution in [2.75, 3.05) is 12.4 Å². The number of nitrogens with one attached hydrogen (secondary N) is 2. The fourth-order valence-corrected chi connectivity index (χ4v) is 2.37. The number of carbonyl (C=O) groups is 1. The maximum absolute atomic E-state index is 11.4. The molecule has 0 aliphatic heterocycles. The van der Waals surface area contributed by atoms with Gasteiger partial charge in [-0.2, -0.15) is 0 Å². The third-order valence-corrected chi connectivity index (χ3v) is 3.91. The van der Waals surface area contributed by atoms with Gasteiger partial charge in [-0.1, -0.05) is 11.8 Å². The van der Waals surface area contributed by atoms with Gasteiger partial charge in [-0.3, -0.25) is 4.79 Å². The summed E-state index contributed by atoms with van der Waals surface area (Å²) in [5.74, 6) is 5.31. The van der Waals surface area contributed by atoms with Crippen molar-refractivity contribution in [2.45, 2.75) is 6.54 Å². The van der Waals surface area contributed by atoms with E-state index >= 15 is 0 Å². The molecule has 7 nitrogen and oxygen atoms in total. The first-order chi connectivity index (χ1) is 13.6. The molecule has 0 spiro atoms. The molecule has 1 aromatic heterocycles. The summed E-state index contributed by atoms with van der Waals surface area (Å²) in [4.78, 5) is 29.0. The van der Waals surface area contributed by atoms with E-state index in [0.29, 0.717) is 5.56 Å². The molecule has 2 aromatic carbocycles. The zero-order valence-electron chi connectivity index (χ0n) is 15.0. The number of hydrogen-bond acceptors (Lipinski definition) is 6. The quantitative estimate of drug-likeness (QED) is 0.477. The fraction of sp³-hybridized carbons (Fsp3) is 0.0952. The normalized spacial score (nSPS) is 9.89. The van der Waals surface area contributed by atoms with E-state index in [-0.39, 0.29) is 18.2 Å². The number of aromatic amines is 1. The van der Waals surface area contributed by atoms with Crippen LogP contribution >= 0.6 is 0 Å². The summed E-state index contributed by atoms with van der Waals surface area (Å²) in [5.41, 5.74) is 2.57. The van der Waals surface area contributed by atoms with Crippen LogP contribution in [0.1, 0.15) is 27.2 Å². The number of H-pyrrole nitrogens is 1. The van der Waals surface area contributed by atoms with Crippen LogP contribution in [0.15, 0.2) is 59.7 Å². The second-order valence-electron chi connectivity index (χ2n) is 5.78. The first-order valence-corrected chi connectivity index (χ1v) is 8.36. The predicted molar refractivity (Wildman–Crippen MR) is 104 cm³/mol. The number of anilines is 1. The molecular weight excluding hydrogens is 358 g/mol. The molecule has 3 N–H and O–H groups in total. The Bertz CT molecular complexity index is 1090. The van der Waals surface area contributed by atoms with E-state index in [2.05, 4.69) is 31.9 Å². The Morgan fingerprint density at radius 3 is 2.32 bits per heavy atom. The van der Waals surface area contributed by atoms with Gasteiger partial charge in [-0.25, -0.2) is 9.78 Å². The minimum Gasteiger partial charge on any atom is -0.502 e. The zero-order chi connectivity index (χ0) is 19.9. The molecule has 0 aliphatic carbocycles. The van der Waals surface area contributed by atoms with E-state index < -0.39 is 11.3 Å². The van der Waals surface area contributed by atoms with Gasteiger partial charge in [-0.15, -0.1) is 0 Å². The summed E-state index contributed by atoms with van der Waals surface area (Å²) in [6.07, 6.45) is 1.25. The van der Waals surface area contributed by atoms with Crippen molar-refractivity contribution in [1.82, 2.24) is 9.97 Å². The Labute approximate surface area is 161 Å². The van der Waals surface area contributed by atoms with Gasteiger partial charge in [0.15, 0.2) is 0 Å². The largest absolute Gasteiger partial charge is 0.502 e. The summed E-state index contributed by atoms with van der Waals surface area (Å²) in [6.45, 7) is 0.216. The van der Waals surface area contributed by atoms with E-state index in [0.717, 1.165) is 16.8 Å². The third kappa shape index (κ3) is 4.56. The van der Waals surface area contributed by atoms with E-state index in [4.69, 9.17) is 0 Å². The lowest BCUT2D eigenvalue weighted by molar-refractivity contribution is 0.0600. The van der Waals surface area contributed by atoms with Crippen LogP contribution in [0.4, 0.5) is 5.69 Å². The molecule has 1 heterocycles. The highest BCUT2D eigenvalue weighted by Gasteiger charge is 2.06. The lowest BCUT2D eigenvalue weighted by Gasteiger charge is -2.06. The number of methoxy groups -OCH3 is 1. The van der Waals surface area contributed by atoms with Crippen molar-refractivity contribution in [3.05, 3.63) is 87.6 Å². The molecule has 0 aliphatic rings. The van der Waals surface area contributed by atoms with Crippen molar-refractivity contribution in [1.29, 1.82) is 0 Å². The number of aromatic nitrogens is 2. The number of rotatable bonds is 4. The molecule has 28 heavy (non-hydrogen) atoms. The minimum atomic E-state index is -0.572. The van der Waals surface area contributed by atoms with Crippen LogP contribution < -0.4 is 10.9 Å². The highest BCUT2D eigenvalue weighted by atomic mass is 16.5. The number of esters is 1. The van der Waals surface area contributed by atoms with Crippen molar-refractivity contribution >= 4 is 11.7 Å². The van der Waals surface area contributed by atoms with Crippen molar-refractivity contribution in [3.8, 4) is 17.6 Å². The number of hydrogen-bond donors (Lipinski definition) is 3. The Kier molecular flexibility index (Phi) is 5.72. The van der Waals surface area contributed by atoms with Gasteiger partial charge < -0.3 is 20.1 Å². The van der Waals surface area contributed by atoms with E-state index in [1.54, 1.807) is 24.3 Å². The fourth-order valence-electron chi connectivity index (χ4n) is 2.37. The van der Waals surface area contributed by atoms with Crippen LogP contribution in [0.25, 0.3) is 0 Å². The third-order valence-electron chi connectivity index (χ3n) is 3.91. The van der Waals surface area contributed by atoms with Crippen LogP contribution in [-0.2, 0) is 11.3 Å². The summed E-state index contributed by atoms with van der Waals surface area (Å²) < 4.78 is 4.66. The Hall–Kier alpha value is -4.05. The van der Waals surface area contributed by atoms with Gasteiger partial charge in [0.1, 0.15) is 5.69 Å². The van der Waals surface area contributed by atoms with E-state index in [1.165, 1.54) is 13.4 Å². The number of benzene rings is 2. The summed E-state index contributed by atoms with van der Waals surface area (Å²) >= 11 is 0. The lowest BCUT2D eigenvalue weighted by Crippen LogP contribution is -2.11. The number of nitrogens with zero attached hydrogens (tertiary/aromatic N) is 1. The van der Waals surface area contributed by atoms with Crippen LogP contribution in [0, 0.1) is 11.8 Å². The SMILES string of the molecule is COC(=O)c1ccc(C#Cc2ccc(NCc3nc[nH]c(=O)c3O)cc2)cc1. The second kappa shape index (κ2) is 8.56. The molecule has 0 radical (unpaired) electrons. The topological polar surface area (TPSA) is 104 Å². The van der Waals surface area contributed by atoms with Gasteiger partial charge in [0.2, 0.25) is 5.75 Å². The monoisotopic (exact) mass is 375 g/mol. The van der Waals surface area contributed by atoms with Gasteiger partial charge in [0.25, 0.3) is 5.56 Å². The smallest absolute Gasteiger partial charge is 0.337 e. The zero-order valence-corrected chi connectivity index (χ0v) is 15.0. The molecule has 3 aromatic rings. The van der Waals surface area contributed by atoms with Gasteiger partial charge in [0, 0.05) is 16.8 Å². The highest BCUT2D eigenvalue weighted by Crippen LogP contribution is 2.13. The molecule has 0 atom stereocenters. The molecule has 7 heteroatoms. The van der Waals surface area contributed by atoms with Crippen LogP contribution in [0.3, 0.4) is 0 Å². The van der Waals surface area contributed by atoms with Crippen LogP contribution in [-0.4, -0.2) is 28.2 Å². The van der Waals surface area contributed by atoms with Gasteiger partial charge in [-0.05, 0) is 48.5 Å². The molecular formula is C21H17N3O4. The summed E-state index contributed by atoms with van der Waals surface area (Å²) in [6, 6.07) is 14.2. The van der Waals surface area contributed by atoms with Gasteiger partial charge >= 0.3 is 5.97 Å². The standard InChI is InChI=1S/C21H17N3O4/c1-28-21(27)16-8-4-14(5-9-16)2-3-15-6-10-17(11-7-15)22-12-18-19(25)20(26)24-13-23-18/h4-11,13,22,25H,12H2,1H3,(H,23,24,26). The average Bonchev–Trinajstić information content (AvgIpc) is 2.74. The predicted octanol–water partition coefficient (Wildman–Crippen LogP) is 2.27. The maximum Gasteiger partial charge on any atom is 0.337 e. The van der Waals surface area contributed by atoms with Crippen LogP contribution in [0.2, 0.25) is 0 Å². The molecule has 0 saturated carbocycles. The molecule has 0 fully saturated rings. The summed E-state index contributed by atoms with van der Waals surface area (Å²) in [5, 5.41) is 12.8. The van der Waals surface area contributed by atoms with Crippen molar-refractivity contribution in [2.24, 2.45) is 0 Å².